The fourth-order valence-corrected chi connectivity index (χ4v) is 2.49. The monoisotopic (exact) mass is 249 g/mol. The van der Waals surface area contributed by atoms with Crippen LogP contribution in [0.2, 0.25) is 0 Å². The minimum absolute atomic E-state index is 0.189. The molecule has 0 saturated heterocycles. The molecule has 1 unspecified atom stereocenters. The third kappa shape index (κ3) is 2.78. The van der Waals surface area contributed by atoms with E-state index in [0.29, 0.717) is 5.56 Å². The highest BCUT2D eigenvalue weighted by Crippen LogP contribution is 2.32. The molecule has 0 radical (unpaired) electrons. The second kappa shape index (κ2) is 5.61. The Bertz CT molecular complexity index is 399. The van der Waals surface area contributed by atoms with Gasteiger partial charge in [-0.15, -0.1) is 0 Å². The third-order valence-corrected chi connectivity index (χ3v) is 3.91. The zero-order valence-electron chi connectivity index (χ0n) is 11.3. The van der Waals surface area contributed by atoms with E-state index >= 15 is 0 Å². The van der Waals surface area contributed by atoms with Gasteiger partial charge < -0.3 is 15.1 Å². The molecular weight excluding hydrogens is 226 g/mol. The van der Waals surface area contributed by atoms with Crippen LogP contribution in [-0.4, -0.2) is 23.3 Å². The molecule has 1 aliphatic rings. The summed E-state index contributed by atoms with van der Waals surface area (Å²) in [6.45, 7) is 5.83. The number of phenolic OH excluding ortho intramolecular Hbond substituents is 1. The fraction of sp³-hybridized carbons (Fsp3) is 0.600. The second-order valence-electron chi connectivity index (χ2n) is 5.25. The van der Waals surface area contributed by atoms with E-state index in [4.69, 9.17) is 0 Å². The SMILES string of the molecule is CCN(CC1CCC1)c1ccc(C(C)O)c(O)c1. The molecule has 1 aromatic carbocycles. The smallest absolute Gasteiger partial charge is 0.123 e. The number of hydrogen-bond donors (Lipinski definition) is 2. The summed E-state index contributed by atoms with van der Waals surface area (Å²) >= 11 is 0. The van der Waals surface area contributed by atoms with E-state index in [0.717, 1.165) is 24.7 Å². The summed E-state index contributed by atoms with van der Waals surface area (Å²) < 4.78 is 0. The van der Waals surface area contributed by atoms with Crippen molar-refractivity contribution in [3.05, 3.63) is 23.8 Å². The van der Waals surface area contributed by atoms with Crippen LogP contribution >= 0.6 is 0 Å². The van der Waals surface area contributed by atoms with Crippen LogP contribution in [0.5, 0.6) is 5.75 Å². The number of aliphatic hydroxyl groups excluding tert-OH is 1. The van der Waals surface area contributed by atoms with E-state index in [1.54, 1.807) is 13.0 Å². The average molecular weight is 249 g/mol. The molecule has 0 aromatic heterocycles. The highest BCUT2D eigenvalue weighted by molar-refractivity contribution is 5.53. The highest BCUT2D eigenvalue weighted by Gasteiger charge is 2.20. The summed E-state index contributed by atoms with van der Waals surface area (Å²) in [6.07, 6.45) is 3.39. The lowest BCUT2D eigenvalue weighted by Gasteiger charge is -2.33. The van der Waals surface area contributed by atoms with Crippen molar-refractivity contribution in [3.8, 4) is 5.75 Å². The number of phenols is 1. The van der Waals surface area contributed by atoms with Crippen molar-refractivity contribution in [2.45, 2.75) is 39.2 Å². The van der Waals surface area contributed by atoms with Gasteiger partial charge in [0.2, 0.25) is 0 Å². The number of aliphatic hydroxyl groups is 1. The molecule has 18 heavy (non-hydrogen) atoms. The van der Waals surface area contributed by atoms with Gasteiger partial charge >= 0.3 is 0 Å². The maximum absolute atomic E-state index is 9.92. The van der Waals surface area contributed by atoms with E-state index in [2.05, 4.69) is 11.8 Å². The van der Waals surface area contributed by atoms with Gasteiger partial charge in [-0.1, -0.05) is 12.5 Å². The molecule has 3 nitrogen and oxygen atoms in total. The normalized spacial score (nSPS) is 17.3. The Balaban J connectivity index is 2.12. The van der Waals surface area contributed by atoms with E-state index in [1.807, 2.05) is 12.1 Å². The number of rotatable bonds is 5. The van der Waals surface area contributed by atoms with Crippen molar-refractivity contribution in [2.24, 2.45) is 5.92 Å². The van der Waals surface area contributed by atoms with Gasteiger partial charge in [-0.25, -0.2) is 0 Å². The minimum atomic E-state index is -0.624. The molecule has 100 valence electrons. The van der Waals surface area contributed by atoms with Crippen LogP contribution in [0.3, 0.4) is 0 Å². The Morgan fingerprint density at radius 2 is 2.11 bits per heavy atom. The predicted octanol–water partition coefficient (Wildman–Crippen LogP) is 3.07. The van der Waals surface area contributed by atoms with Gasteiger partial charge in [0, 0.05) is 30.4 Å². The molecule has 1 fully saturated rings. The second-order valence-corrected chi connectivity index (χ2v) is 5.25. The molecular formula is C15H23NO2. The number of aromatic hydroxyl groups is 1. The molecule has 0 spiro atoms. The molecule has 0 aliphatic heterocycles. The minimum Gasteiger partial charge on any atom is -0.507 e. The lowest BCUT2D eigenvalue weighted by atomic mass is 9.85. The van der Waals surface area contributed by atoms with Crippen molar-refractivity contribution in [2.75, 3.05) is 18.0 Å². The lowest BCUT2D eigenvalue weighted by Crippen LogP contribution is -2.32. The first-order valence-corrected chi connectivity index (χ1v) is 6.87. The van der Waals surface area contributed by atoms with Gasteiger partial charge in [-0.05, 0) is 38.7 Å². The topological polar surface area (TPSA) is 43.7 Å². The number of nitrogens with zero attached hydrogens (tertiary/aromatic N) is 1. The third-order valence-electron chi connectivity index (χ3n) is 3.91. The quantitative estimate of drug-likeness (QED) is 0.843. The van der Waals surface area contributed by atoms with Crippen molar-refractivity contribution < 1.29 is 10.2 Å². The zero-order valence-corrected chi connectivity index (χ0v) is 11.3. The standard InChI is InChI=1S/C15H23NO2/c1-3-16(10-12-5-4-6-12)13-7-8-14(11(2)17)15(18)9-13/h7-9,11-12,17-18H,3-6,10H2,1-2H3. The summed E-state index contributed by atoms with van der Waals surface area (Å²) in [5.41, 5.74) is 1.64. The molecule has 2 N–H and O–H groups in total. The maximum atomic E-state index is 9.92. The first-order chi connectivity index (χ1) is 8.61. The Kier molecular flexibility index (Phi) is 4.12. The summed E-state index contributed by atoms with van der Waals surface area (Å²) in [6, 6.07) is 5.58. The average Bonchev–Trinajstić information content (AvgIpc) is 2.27. The number of hydrogen-bond acceptors (Lipinski definition) is 3. The van der Waals surface area contributed by atoms with Crippen LogP contribution in [0, 0.1) is 5.92 Å². The van der Waals surface area contributed by atoms with Gasteiger partial charge in [-0.3, -0.25) is 0 Å². The molecule has 1 atom stereocenters. The molecule has 0 bridgehead atoms. The largest absolute Gasteiger partial charge is 0.507 e. The Labute approximate surface area is 109 Å². The maximum Gasteiger partial charge on any atom is 0.123 e. The van der Waals surface area contributed by atoms with Crippen LogP contribution in [0.25, 0.3) is 0 Å². The number of anilines is 1. The van der Waals surface area contributed by atoms with E-state index < -0.39 is 6.10 Å². The first kappa shape index (κ1) is 13.2. The molecule has 1 aliphatic carbocycles. The van der Waals surface area contributed by atoms with E-state index in [1.165, 1.54) is 19.3 Å². The van der Waals surface area contributed by atoms with Crippen molar-refractivity contribution in [3.63, 3.8) is 0 Å². The molecule has 3 heteroatoms. The summed E-state index contributed by atoms with van der Waals surface area (Å²) in [5, 5.41) is 19.4. The Hall–Kier alpha value is -1.22. The summed E-state index contributed by atoms with van der Waals surface area (Å²) in [7, 11) is 0. The van der Waals surface area contributed by atoms with Crippen LogP contribution in [-0.2, 0) is 0 Å². The highest BCUT2D eigenvalue weighted by atomic mass is 16.3. The van der Waals surface area contributed by atoms with Gasteiger partial charge in [0.1, 0.15) is 5.75 Å². The van der Waals surface area contributed by atoms with E-state index in [-0.39, 0.29) is 5.75 Å². The Morgan fingerprint density at radius 1 is 1.39 bits per heavy atom. The number of benzene rings is 1. The van der Waals surface area contributed by atoms with Gasteiger partial charge in [-0.2, -0.15) is 0 Å². The van der Waals surface area contributed by atoms with Gasteiger partial charge in [0.05, 0.1) is 6.10 Å². The predicted molar refractivity (Wildman–Crippen MR) is 74.0 cm³/mol. The summed E-state index contributed by atoms with van der Waals surface area (Å²) in [5.74, 6) is 0.998. The molecule has 1 aromatic rings. The zero-order chi connectivity index (χ0) is 13.1. The van der Waals surface area contributed by atoms with Gasteiger partial charge in [0.15, 0.2) is 0 Å². The summed E-state index contributed by atoms with van der Waals surface area (Å²) in [4.78, 5) is 2.30. The van der Waals surface area contributed by atoms with Crippen molar-refractivity contribution in [1.82, 2.24) is 0 Å². The van der Waals surface area contributed by atoms with Gasteiger partial charge in [0.25, 0.3) is 0 Å². The van der Waals surface area contributed by atoms with E-state index in [9.17, 15) is 10.2 Å². The molecule has 0 amide bonds. The van der Waals surface area contributed by atoms with Crippen molar-refractivity contribution in [1.29, 1.82) is 0 Å². The van der Waals surface area contributed by atoms with Crippen LogP contribution in [0.1, 0.15) is 44.8 Å². The Morgan fingerprint density at radius 3 is 2.56 bits per heavy atom. The van der Waals surface area contributed by atoms with Crippen molar-refractivity contribution >= 4 is 5.69 Å². The molecule has 1 saturated carbocycles. The molecule has 0 heterocycles. The van der Waals surface area contributed by atoms with Crippen LogP contribution < -0.4 is 4.90 Å². The first-order valence-electron chi connectivity index (χ1n) is 6.87. The lowest BCUT2D eigenvalue weighted by molar-refractivity contribution is 0.195. The molecule has 2 rings (SSSR count). The van der Waals surface area contributed by atoms with Crippen LogP contribution in [0.4, 0.5) is 5.69 Å². The van der Waals surface area contributed by atoms with Crippen LogP contribution in [0.15, 0.2) is 18.2 Å². The fourth-order valence-electron chi connectivity index (χ4n) is 2.49.